The molecule has 1 saturated carbocycles. The fourth-order valence-corrected chi connectivity index (χ4v) is 3.83. The Morgan fingerprint density at radius 2 is 1.90 bits per heavy atom. The molecule has 2 nitrogen and oxygen atoms in total. The van der Waals surface area contributed by atoms with Crippen molar-refractivity contribution in [1.82, 2.24) is 4.90 Å². The van der Waals surface area contributed by atoms with Crippen molar-refractivity contribution in [2.45, 2.75) is 52.1 Å². The van der Waals surface area contributed by atoms with Gasteiger partial charge in [0.15, 0.2) is 0 Å². The molecule has 0 saturated heterocycles. The zero-order chi connectivity index (χ0) is 14.8. The summed E-state index contributed by atoms with van der Waals surface area (Å²) in [5.41, 5.74) is 9.10. The Kier molecular flexibility index (Phi) is 4.87. The van der Waals surface area contributed by atoms with Gasteiger partial charge < -0.3 is 5.73 Å². The van der Waals surface area contributed by atoms with Crippen molar-refractivity contribution in [2.75, 3.05) is 13.6 Å². The summed E-state index contributed by atoms with van der Waals surface area (Å²) < 4.78 is 0. The molecule has 0 spiro atoms. The summed E-state index contributed by atoms with van der Waals surface area (Å²) in [6.45, 7) is 8.66. The van der Waals surface area contributed by atoms with Crippen molar-refractivity contribution in [3.8, 4) is 0 Å². The van der Waals surface area contributed by atoms with E-state index < -0.39 is 0 Å². The van der Waals surface area contributed by atoms with Crippen LogP contribution in [0.1, 0.15) is 44.2 Å². The van der Waals surface area contributed by atoms with Gasteiger partial charge in [-0.3, -0.25) is 4.90 Å². The SMILES string of the molecule is Cc1ccc(CN(C)C2(CN)CCC(C)CC2C)cc1. The monoisotopic (exact) mass is 274 g/mol. The topological polar surface area (TPSA) is 29.3 Å². The number of likely N-dealkylation sites (N-methyl/N-ethyl adjacent to an activating group) is 1. The zero-order valence-electron chi connectivity index (χ0n) is 13.5. The molecule has 3 atom stereocenters. The molecule has 1 aliphatic carbocycles. The summed E-state index contributed by atoms with van der Waals surface area (Å²) in [6.07, 6.45) is 3.84. The van der Waals surface area contributed by atoms with Gasteiger partial charge in [0.1, 0.15) is 0 Å². The smallest absolute Gasteiger partial charge is 0.0357 e. The molecule has 112 valence electrons. The van der Waals surface area contributed by atoms with Gasteiger partial charge in [0.05, 0.1) is 0 Å². The quantitative estimate of drug-likeness (QED) is 0.909. The second kappa shape index (κ2) is 6.28. The first-order valence-electron chi connectivity index (χ1n) is 7.95. The third-order valence-corrected chi connectivity index (χ3v) is 5.40. The predicted octanol–water partition coefficient (Wildman–Crippen LogP) is 3.58. The normalized spacial score (nSPS) is 30.7. The fraction of sp³-hybridized carbons (Fsp3) is 0.667. The lowest BCUT2D eigenvalue weighted by Crippen LogP contribution is -2.58. The lowest BCUT2D eigenvalue weighted by Gasteiger charge is -2.50. The van der Waals surface area contributed by atoms with E-state index in [-0.39, 0.29) is 5.54 Å². The van der Waals surface area contributed by atoms with E-state index in [4.69, 9.17) is 5.73 Å². The van der Waals surface area contributed by atoms with Crippen LogP contribution in [0.2, 0.25) is 0 Å². The van der Waals surface area contributed by atoms with Crippen LogP contribution in [0.3, 0.4) is 0 Å². The molecular weight excluding hydrogens is 244 g/mol. The first-order valence-corrected chi connectivity index (χ1v) is 7.95. The molecule has 0 aliphatic heterocycles. The molecule has 0 aromatic heterocycles. The minimum atomic E-state index is 0.178. The fourth-order valence-electron chi connectivity index (χ4n) is 3.83. The molecular formula is C18H30N2. The molecule has 20 heavy (non-hydrogen) atoms. The average molecular weight is 274 g/mol. The van der Waals surface area contributed by atoms with E-state index in [1.807, 2.05) is 0 Å². The second-order valence-electron chi connectivity index (χ2n) is 6.93. The van der Waals surface area contributed by atoms with Gasteiger partial charge in [0.2, 0.25) is 0 Å². The molecule has 1 fully saturated rings. The van der Waals surface area contributed by atoms with Gasteiger partial charge in [-0.25, -0.2) is 0 Å². The summed E-state index contributed by atoms with van der Waals surface area (Å²) in [4.78, 5) is 2.51. The van der Waals surface area contributed by atoms with E-state index in [1.165, 1.54) is 30.4 Å². The maximum absolute atomic E-state index is 6.21. The molecule has 0 radical (unpaired) electrons. The summed E-state index contributed by atoms with van der Waals surface area (Å²) in [6, 6.07) is 8.88. The number of benzene rings is 1. The van der Waals surface area contributed by atoms with Gasteiger partial charge in [-0.05, 0) is 50.6 Å². The van der Waals surface area contributed by atoms with Crippen LogP contribution in [0.15, 0.2) is 24.3 Å². The van der Waals surface area contributed by atoms with Crippen LogP contribution < -0.4 is 5.73 Å². The molecule has 0 bridgehead atoms. The maximum atomic E-state index is 6.21. The number of aryl methyl sites for hydroxylation is 1. The van der Waals surface area contributed by atoms with Crippen molar-refractivity contribution in [3.63, 3.8) is 0 Å². The lowest BCUT2D eigenvalue weighted by atomic mass is 9.69. The Morgan fingerprint density at radius 1 is 1.25 bits per heavy atom. The van der Waals surface area contributed by atoms with E-state index in [1.54, 1.807) is 0 Å². The summed E-state index contributed by atoms with van der Waals surface area (Å²) in [7, 11) is 2.25. The first-order chi connectivity index (χ1) is 9.48. The first kappa shape index (κ1) is 15.5. The molecule has 1 aliphatic rings. The highest BCUT2D eigenvalue weighted by Gasteiger charge is 2.42. The van der Waals surface area contributed by atoms with Crippen molar-refractivity contribution >= 4 is 0 Å². The highest BCUT2D eigenvalue weighted by Crippen LogP contribution is 2.40. The van der Waals surface area contributed by atoms with Crippen LogP contribution in [0.5, 0.6) is 0 Å². The third kappa shape index (κ3) is 3.07. The van der Waals surface area contributed by atoms with E-state index >= 15 is 0 Å². The largest absolute Gasteiger partial charge is 0.329 e. The summed E-state index contributed by atoms with van der Waals surface area (Å²) in [5.74, 6) is 1.52. The van der Waals surface area contributed by atoms with Crippen molar-refractivity contribution in [1.29, 1.82) is 0 Å². The Morgan fingerprint density at radius 3 is 2.45 bits per heavy atom. The van der Waals surface area contributed by atoms with Crippen LogP contribution in [-0.4, -0.2) is 24.0 Å². The summed E-state index contributed by atoms with van der Waals surface area (Å²) >= 11 is 0. The molecule has 0 amide bonds. The number of nitrogens with two attached hydrogens (primary N) is 1. The molecule has 3 unspecified atom stereocenters. The Labute approximate surface area is 124 Å². The van der Waals surface area contributed by atoms with Crippen molar-refractivity contribution in [2.24, 2.45) is 17.6 Å². The molecule has 1 aromatic rings. The molecule has 2 rings (SSSR count). The number of hydrogen-bond acceptors (Lipinski definition) is 2. The highest BCUT2D eigenvalue weighted by atomic mass is 15.2. The summed E-state index contributed by atoms with van der Waals surface area (Å²) in [5, 5.41) is 0. The number of rotatable bonds is 4. The molecule has 0 heterocycles. The van der Waals surface area contributed by atoms with Gasteiger partial charge >= 0.3 is 0 Å². The van der Waals surface area contributed by atoms with Crippen LogP contribution in [0.25, 0.3) is 0 Å². The second-order valence-corrected chi connectivity index (χ2v) is 6.93. The standard InChI is InChI=1S/C18H30N2/c1-14-5-7-17(8-6-14)12-20(4)18(13-19)10-9-15(2)11-16(18)3/h5-8,15-16H,9-13,19H2,1-4H3. The van der Waals surface area contributed by atoms with Gasteiger partial charge in [-0.15, -0.1) is 0 Å². The van der Waals surface area contributed by atoms with Gasteiger partial charge in [0.25, 0.3) is 0 Å². The van der Waals surface area contributed by atoms with Gasteiger partial charge in [0, 0.05) is 18.6 Å². The van der Waals surface area contributed by atoms with Gasteiger partial charge in [-0.2, -0.15) is 0 Å². The number of nitrogens with zero attached hydrogens (tertiary/aromatic N) is 1. The van der Waals surface area contributed by atoms with E-state index in [9.17, 15) is 0 Å². The van der Waals surface area contributed by atoms with Crippen molar-refractivity contribution < 1.29 is 0 Å². The van der Waals surface area contributed by atoms with E-state index in [0.717, 1.165) is 19.0 Å². The zero-order valence-corrected chi connectivity index (χ0v) is 13.5. The number of hydrogen-bond donors (Lipinski definition) is 1. The maximum Gasteiger partial charge on any atom is 0.0357 e. The Hall–Kier alpha value is -0.860. The predicted molar refractivity (Wildman–Crippen MR) is 86.6 cm³/mol. The molecule has 1 aromatic carbocycles. The Balaban J connectivity index is 2.12. The van der Waals surface area contributed by atoms with Crippen LogP contribution in [0.4, 0.5) is 0 Å². The van der Waals surface area contributed by atoms with Crippen LogP contribution >= 0.6 is 0 Å². The van der Waals surface area contributed by atoms with Crippen LogP contribution in [-0.2, 0) is 6.54 Å². The van der Waals surface area contributed by atoms with E-state index in [2.05, 4.69) is 57.0 Å². The average Bonchev–Trinajstić information content (AvgIpc) is 2.42. The Bertz CT molecular complexity index is 426. The van der Waals surface area contributed by atoms with Crippen LogP contribution in [0, 0.1) is 18.8 Å². The third-order valence-electron chi connectivity index (χ3n) is 5.40. The van der Waals surface area contributed by atoms with Crippen molar-refractivity contribution in [3.05, 3.63) is 35.4 Å². The molecule has 2 N–H and O–H groups in total. The minimum Gasteiger partial charge on any atom is -0.329 e. The minimum absolute atomic E-state index is 0.178. The molecule has 2 heteroatoms. The van der Waals surface area contributed by atoms with E-state index in [0.29, 0.717) is 5.92 Å². The van der Waals surface area contributed by atoms with Gasteiger partial charge in [-0.1, -0.05) is 43.7 Å². The highest BCUT2D eigenvalue weighted by molar-refractivity contribution is 5.21. The lowest BCUT2D eigenvalue weighted by molar-refractivity contribution is 0.0128.